The summed E-state index contributed by atoms with van der Waals surface area (Å²) in [4.78, 5) is 14.0. The van der Waals surface area contributed by atoms with E-state index in [1.807, 2.05) is 23.1 Å². The highest BCUT2D eigenvalue weighted by Gasteiger charge is 2.27. The van der Waals surface area contributed by atoms with E-state index in [2.05, 4.69) is 19.9 Å². The molecule has 0 spiro atoms. The lowest BCUT2D eigenvalue weighted by atomic mass is 9.85. The van der Waals surface area contributed by atoms with Crippen LogP contribution in [-0.2, 0) is 11.3 Å². The summed E-state index contributed by atoms with van der Waals surface area (Å²) < 4.78 is 0. The summed E-state index contributed by atoms with van der Waals surface area (Å²) in [5.74, 6) is 0.230. The van der Waals surface area contributed by atoms with Crippen LogP contribution >= 0.6 is 0 Å². The summed E-state index contributed by atoms with van der Waals surface area (Å²) >= 11 is 0. The molecule has 2 rings (SSSR count). The van der Waals surface area contributed by atoms with Crippen LogP contribution in [0.25, 0.3) is 0 Å². The summed E-state index contributed by atoms with van der Waals surface area (Å²) in [5.41, 5.74) is 1.94. The Labute approximate surface area is 114 Å². The fourth-order valence-corrected chi connectivity index (χ4v) is 2.42. The van der Waals surface area contributed by atoms with Crippen LogP contribution in [0, 0.1) is 16.7 Å². The van der Waals surface area contributed by atoms with Crippen molar-refractivity contribution in [2.75, 3.05) is 6.54 Å². The first kappa shape index (κ1) is 13.6. The van der Waals surface area contributed by atoms with Gasteiger partial charge >= 0.3 is 0 Å². The molecule has 0 radical (unpaired) electrons. The molecule has 0 aromatic heterocycles. The molecule has 1 aromatic carbocycles. The van der Waals surface area contributed by atoms with E-state index in [9.17, 15) is 4.79 Å². The van der Waals surface area contributed by atoms with Crippen LogP contribution in [0.3, 0.4) is 0 Å². The van der Waals surface area contributed by atoms with E-state index in [-0.39, 0.29) is 11.3 Å². The van der Waals surface area contributed by atoms with E-state index in [0.717, 1.165) is 24.9 Å². The zero-order chi connectivity index (χ0) is 13.9. The molecule has 1 aliphatic rings. The first-order chi connectivity index (χ1) is 9.00. The highest BCUT2D eigenvalue weighted by molar-refractivity contribution is 5.76. The second-order valence-electron chi connectivity index (χ2n) is 6.04. The molecule has 19 heavy (non-hydrogen) atoms. The molecule has 1 aromatic rings. The van der Waals surface area contributed by atoms with Crippen molar-refractivity contribution in [2.24, 2.45) is 5.41 Å². The molecule has 3 nitrogen and oxygen atoms in total. The van der Waals surface area contributed by atoms with E-state index in [1.165, 1.54) is 0 Å². The number of amides is 1. The van der Waals surface area contributed by atoms with Gasteiger partial charge in [0.05, 0.1) is 11.6 Å². The van der Waals surface area contributed by atoms with Gasteiger partial charge in [0.2, 0.25) is 5.91 Å². The molecule has 0 unspecified atom stereocenters. The molecule has 1 saturated heterocycles. The zero-order valence-electron chi connectivity index (χ0n) is 11.6. The van der Waals surface area contributed by atoms with Gasteiger partial charge in [-0.15, -0.1) is 0 Å². The van der Waals surface area contributed by atoms with Crippen molar-refractivity contribution in [3.05, 3.63) is 35.4 Å². The normalized spacial score (nSPS) is 18.8. The second kappa shape index (κ2) is 5.44. The van der Waals surface area contributed by atoms with Crippen molar-refractivity contribution >= 4 is 5.91 Å². The second-order valence-corrected chi connectivity index (χ2v) is 6.04. The fourth-order valence-electron chi connectivity index (χ4n) is 2.42. The van der Waals surface area contributed by atoms with Gasteiger partial charge < -0.3 is 4.90 Å². The fraction of sp³-hybridized carbons (Fsp3) is 0.500. The van der Waals surface area contributed by atoms with Crippen molar-refractivity contribution in [2.45, 2.75) is 39.7 Å². The molecule has 3 heteroatoms. The Morgan fingerprint density at radius 2 is 2.16 bits per heavy atom. The zero-order valence-corrected chi connectivity index (χ0v) is 11.6. The molecular weight excluding hydrogens is 236 g/mol. The van der Waals surface area contributed by atoms with Crippen LogP contribution in [0.2, 0.25) is 0 Å². The summed E-state index contributed by atoms with van der Waals surface area (Å²) in [7, 11) is 0. The maximum Gasteiger partial charge on any atom is 0.222 e. The average molecular weight is 256 g/mol. The van der Waals surface area contributed by atoms with Crippen molar-refractivity contribution in [1.82, 2.24) is 4.90 Å². The predicted molar refractivity (Wildman–Crippen MR) is 74.2 cm³/mol. The monoisotopic (exact) mass is 256 g/mol. The van der Waals surface area contributed by atoms with E-state index < -0.39 is 0 Å². The predicted octanol–water partition coefficient (Wildman–Crippen LogP) is 3.10. The van der Waals surface area contributed by atoms with Gasteiger partial charge in [-0.3, -0.25) is 4.79 Å². The first-order valence-electron chi connectivity index (χ1n) is 6.77. The molecule has 0 N–H and O–H groups in total. The van der Waals surface area contributed by atoms with Gasteiger partial charge in [-0.2, -0.15) is 5.26 Å². The third kappa shape index (κ3) is 3.57. The molecule has 0 saturated carbocycles. The van der Waals surface area contributed by atoms with Gasteiger partial charge in [0.15, 0.2) is 0 Å². The third-order valence-electron chi connectivity index (χ3n) is 3.86. The van der Waals surface area contributed by atoms with Gasteiger partial charge in [0.1, 0.15) is 0 Å². The van der Waals surface area contributed by atoms with Gasteiger partial charge in [-0.1, -0.05) is 26.0 Å². The highest BCUT2D eigenvalue weighted by Crippen LogP contribution is 2.30. The molecule has 1 fully saturated rings. The number of hydrogen-bond donors (Lipinski definition) is 0. The number of hydrogen-bond acceptors (Lipinski definition) is 2. The largest absolute Gasteiger partial charge is 0.338 e. The molecule has 100 valence electrons. The smallest absolute Gasteiger partial charge is 0.222 e. The van der Waals surface area contributed by atoms with E-state index in [4.69, 9.17) is 5.26 Å². The van der Waals surface area contributed by atoms with E-state index in [1.54, 1.807) is 6.07 Å². The van der Waals surface area contributed by atoms with Gasteiger partial charge in [-0.25, -0.2) is 0 Å². The third-order valence-corrected chi connectivity index (χ3v) is 3.86. The quantitative estimate of drug-likeness (QED) is 0.816. The van der Waals surface area contributed by atoms with Crippen LogP contribution < -0.4 is 0 Å². The number of carbonyl (C=O) groups is 1. The highest BCUT2D eigenvalue weighted by atomic mass is 16.2. The van der Waals surface area contributed by atoms with Crippen molar-refractivity contribution in [3.63, 3.8) is 0 Å². The Hall–Kier alpha value is -1.82. The molecule has 1 aliphatic heterocycles. The number of benzene rings is 1. The van der Waals surface area contributed by atoms with Crippen LogP contribution in [0.1, 0.15) is 44.2 Å². The molecule has 1 heterocycles. The van der Waals surface area contributed by atoms with Crippen LogP contribution in [0.5, 0.6) is 0 Å². The Balaban J connectivity index is 2.09. The maximum absolute atomic E-state index is 12.1. The molecular formula is C16H20N2O. The van der Waals surface area contributed by atoms with Crippen molar-refractivity contribution < 1.29 is 4.79 Å². The van der Waals surface area contributed by atoms with Crippen molar-refractivity contribution in [3.8, 4) is 6.07 Å². The Kier molecular flexibility index (Phi) is 3.90. The van der Waals surface area contributed by atoms with Crippen LogP contribution in [0.4, 0.5) is 0 Å². The number of rotatable bonds is 2. The minimum atomic E-state index is 0.230. The minimum Gasteiger partial charge on any atom is -0.338 e. The topological polar surface area (TPSA) is 44.1 Å². The summed E-state index contributed by atoms with van der Waals surface area (Å²) in [6.45, 7) is 5.87. The lowest BCUT2D eigenvalue weighted by Crippen LogP contribution is -2.30. The van der Waals surface area contributed by atoms with Crippen LogP contribution in [0.15, 0.2) is 24.3 Å². The Bertz CT molecular complexity index is 514. The Morgan fingerprint density at radius 3 is 2.89 bits per heavy atom. The lowest BCUT2D eigenvalue weighted by Gasteiger charge is -2.23. The van der Waals surface area contributed by atoms with E-state index in [0.29, 0.717) is 18.5 Å². The standard InChI is InChI=1S/C16H20N2O/c1-16(2)7-6-15(19)18(9-8-16)12-14-5-3-4-13(10-14)11-17/h3-5,10H,6-9,12H2,1-2H3. The summed E-state index contributed by atoms with van der Waals surface area (Å²) in [6.07, 6.45) is 2.63. The van der Waals surface area contributed by atoms with E-state index >= 15 is 0 Å². The summed E-state index contributed by atoms with van der Waals surface area (Å²) in [6, 6.07) is 9.64. The lowest BCUT2D eigenvalue weighted by molar-refractivity contribution is -0.131. The minimum absolute atomic E-state index is 0.230. The molecule has 1 amide bonds. The number of carbonyl (C=O) groups excluding carboxylic acids is 1. The Morgan fingerprint density at radius 1 is 1.37 bits per heavy atom. The molecule has 0 aliphatic carbocycles. The number of likely N-dealkylation sites (tertiary alicyclic amines) is 1. The first-order valence-corrected chi connectivity index (χ1v) is 6.77. The number of nitriles is 1. The SMILES string of the molecule is CC1(C)CCC(=O)N(Cc2cccc(C#N)c2)CC1. The van der Waals surface area contributed by atoms with Gasteiger partial charge in [0.25, 0.3) is 0 Å². The van der Waals surface area contributed by atoms with Gasteiger partial charge in [-0.05, 0) is 36.0 Å². The van der Waals surface area contributed by atoms with Crippen molar-refractivity contribution in [1.29, 1.82) is 5.26 Å². The molecule has 0 bridgehead atoms. The van der Waals surface area contributed by atoms with Crippen LogP contribution in [-0.4, -0.2) is 17.4 Å². The van der Waals surface area contributed by atoms with Gasteiger partial charge in [0, 0.05) is 19.5 Å². The summed E-state index contributed by atoms with van der Waals surface area (Å²) in [5, 5.41) is 8.90. The number of nitrogens with zero attached hydrogens (tertiary/aromatic N) is 2. The maximum atomic E-state index is 12.1. The molecule has 0 atom stereocenters. The average Bonchev–Trinajstić information content (AvgIpc) is 2.52.